The van der Waals surface area contributed by atoms with E-state index in [0.29, 0.717) is 17.3 Å². The molecule has 24 heavy (non-hydrogen) atoms. The molecule has 2 unspecified atom stereocenters. The minimum Gasteiger partial charge on any atom is -0.274 e. The van der Waals surface area contributed by atoms with E-state index in [1.807, 2.05) is 24.3 Å². The summed E-state index contributed by atoms with van der Waals surface area (Å²) >= 11 is 5.89. The van der Waals surface area contributed by atoms with Gasteiger partial charge in [-0.1, -0.05) is 36.6 Å². The number of fused-ring (bicyclic) bond motifs is 1. The SMILES string of the molecule is O=C1C2CCCCC2C(=O)N1c1cnn(Cc2ccc(Cl)cc2)c1. The second-order valence-corrected chi connectivity index (χ2v) is 6.97. The van der Waals surface area contributed by atoms with Crippen molar-refractivity contribution in [2.24, 2.45) is 11.8 Å². The van der Waals surface area contributed by atoms with Gasteiger partial charge < -0.3 is 0 Å². The van der Waals surface area contributed by atoms with Gasteiger partial charge in [-0.2, -0.15) is 5.10 Å². The number of benzene rings is 1. The maximum Gasteiger partial charge on any atom is 0.237 e. The molecular weight excluding hydrogens is 326 g/mol. The first kappa shape index (κ1) is 15.4. The minimum atomic E-state index is -0.133. The molecule has 2 fully saturated rings. The lowest BCUT2D eigenvalue weighted by Crippen LogP contribution is -2.30. The Bertz CT molecular complexity index is 760. The molecule has 1 aromatic heterocycles. The van der Waals surface area contributed by atoms with E-state index in [4.69, 9.17) is 11.6 Å². The van der Waals surface area contributed by atoms with Crippen LogP contribution in [0.5, 0.6) is 0 Å². The van der Waals surface area contributed by atoms with Gasteiger partial charge in [0.1, 0.15) is 0 Å². The lowest BCUT2D eigenvalue weighted by atomic mass is 9.81. The molecule has 0 N–H and O–H groups in total. The predicted molar refractivity (Wildman–Crippen MR) is 90.7 cm³/mol. The van der Waals surface area contributed by atoms with Gasteiger partial charge in [-0.25, -0.2) is 4.90 Å². The number of carbonyl (C=O) groups excluding carboxylic acids is 2. The van der Waals surface area contributed by atoms with Gasteiger partial charge in [-0.15, -0.1) is 0 Å². The first-order chi connectivity index (χ1) is 11.6. The number of carbonyl (C=O) groups is 2. The molecule has 6 heteroatoms. The first-order valence-corrected chi connectivity index (χ1v) is 8.66. The van der Waals surface area contributed by atoms with Crippen molar-refractivity contribution in [1.82, 2.24) is 9.78 Å². The third-order valence-electron chi connectivity index (χ3n) is 4.98. The zero-order chi connectivity index (χ0) is 16.7. The highest BCUT2D eigenvalue weighted by Crippen LogP contribution is 2.39. The van der Waals surface area contributed by atoms with Crippen LogP contribution in [0.1, 0.15) is 31.2 Å². The molecular formula is C18H18ClN3O2. The summed E-state index contributed by atoms with van der Waals surface area (Å²) < 4.78 is 1.74. The van der Waals surface area contributed by atoms with Crippen molar-refractivity contribution in [3.63, 3.8) is 0 Å². The molecule has 1 aliphatic heterocycles. The van der Waals surface area contributed by atoms with E-state index in [1.54, 1.807) is 17.1 Å². The van der Waals surface area contributed by atoms with Crippen molar-refractivity contribution in [1.29, 1.82) is 0 Å². The second-order valence-electron chi connectivity index (χ2n) is 6.53. The molecule has 2 heterocycles. The van der Waals surface area contributed by atoms with E-state index >= 15 is 0 Å². The van der Waals surface area contributed by atoms with Crippen LogP contribution in [0.15, 0.2) is 36.7 Å². The summed E-state index contributed by atoms with van der Waals surface area (Å²) in [6.07, 6.45) is 7.08. The summed E-state index contributed by atoms with van der Waals surface area (Å²) in [5.74, 6) is -0.386. The topological polar surface area (TPSA) is 55.2 Å². The Labute approximate surface area is 145 Å². The fraction of sp³-hybridized carbons (Fsp3) is 0.389. The minimum absolute atomic E-state index is 0.0595. The number of nitrogens with zero attached hydrogens (tertiary/aromatic N) is 3. The number of anilines is 1. The molecule has 1 saturated carbocycles. The molecule has 2 aromatic rings. The van der Waals surface area contributed by atoms with E-state index in [9.17, 15) is 9.59 Å². The molecule has 5 nitrogen and oxygen atoms in total. The molecule has 0 spiro atoms. The largest absolute Gasteiger partial charge is 0.274 e. The Hall–Kier alpha value is -2.14. The number of amides is 2. The molecule has 2 amide bonds. The number of rotatable bonds is 3. The second kappa shape index (κ2) is 6.06. The summed E-state index contributed by atoms with van der Waals surface area (Å²) in [5.41, 5.74) is 1.63. The van der Waals surface area contributed by atoms with Crippen LogP contribution in [0, 0.1) is 11.8 Å². The van der Waals surface area contributed by atoms with Crippen LogP contribution < -0.4 is 4.90 Å². The van der Waals surface area contributed by atoms with Crippen LogP contribution in [0.3, 0.4) is 0 Å². The normalized spacial score (nSPS) is 23.6. The van der Waals surface area contributed by atoms with Crippen LogP contribution in [0.2, 0.25) is 5.02 Å². The average molecular weight is 344 g/mol. The van der Waals surface area contributed by atoms with E-state index in [1.165, 1.54) is 4.90 Å². The van der Waals surface area contributed by atoms with Crippen molar-refractivity contribution in [2.45, 2.75) is 32.2 Å². The zero-order valence-corrected chi connectivity index (χ0v) is 13.9. The highest BCUT2D eigenvalue weighted by Gasteiger charge is 2.49. The summed E-state index contributed by atoms with van der Waals surface area (Å²) in [7, 11) is 0. The van der Waals surface area contributed by atoms with Gasteiger partial charge in [0.05, 0.1) is 30.3 Å². The summed E-state index contributed by atoms with van der Waals surface area (Å²) in [4.78, 5) is 26.6. The molecule has 1 saturated heterocycles. The molecule has 0 bridgehead atoms. The summed E-state index contributed by atoms with van der Waals surface area (Å²) in [6, 6.07) is 7.54. The van der Waals surface area contributed by atoms with Crippen LogP contribution >= 0.6 is 11.6 Å². The van der Waals surface area contributed by atoms with Crippen LogP contribution in [-0.2, 0) is 16.1 Å². The number of imide groups is 1. The van der Waals surface area contributed by atoms with Gasteiger partial charge in [0.2, 0.25) is 11.8 Å². The highest BCUT2D eigenvalue weighted by atomic mass is 35.5. The van der Waals surface area contributed by atoms with E-state index in [-0.39, 0.29) is 23.7 Å². The smallest absolute Gasteiger partial charge is 0.237 e. The molecule has 1 aliphatic carbocycles. The van der Waals surface area contributed by atoms with Crippen LogP contribution in [0.4, 0.5) is 5.69 Å². The van der Waals surface area contributed by atoms with Crippen molar-refractivity contribution in [3.8, 4) is 0 Å². The lowest BCUT2D eigenvalue weighted by molar-refractivity contribution is -0.122. The maximum atomic E-state index is 12.6. The van der Waals surface area contributed by atoms with E-state index in [0.717, 1.165) is 31.2 Å². The van der Waals surface area contributed by atoms with Gasteiger partial charge in [0.25, 0.3) is 0 Å². The fourth-order valence-corrected chi connectivity index (χ4v) is 3.87. The lowest BCUT2D eigenvalue weighted by Gasteiger charge is -2.19. The molecule has 1 aromatic carbocycles. The molecule has 4 rings (SSSR count). The van der Waals surface area contributed by atoms with Crippen molar-refractivity contribution < 1.29 is 9.59 Å². The third-order valence-corrected chi connectivity index (χ3v) is 5.23. The van der Waals surface area contributed by atoms with Gasteiger partial charge in [-0.05, 0) is 30.5 Å². The van der Waals surface area contributed by atoms with Crippen LogP contribution in [-0.4, -0.2) is 21.6 Å². The van der Waals surface area contributed by atoms with Gasteiger partial charge in [-0.3, -0.25) is 14.3 Å². The number of aromatic nitrogens is 2. The van der Waals surface area contributed by atoms with Gasteiger partial charge in [0.15, 0.2) is 0 Å². The van der Waals surface area contributed by atoms with E-state index in [2.05, 4.69) is 5.10 Å². The summed E-state index contributed by atoms with van der Waals surface area (Å²) in [5, 5.41) is 4.99. The zero-order valence-electron chi connectivity index (χ0n) is 13.2. The molecule has 2 atom stereocenters. The molecule has 2 aliphatic rings. The van der Waals surface area contributed by atoms with Gasteiger partial charge in [0, 0.05) is 11.2 Å². The molecule has 124 valence electrons. The monoisotopic (exact) mass is 343 g/mol. The van der Waals surface area contributed by atoms with E-state index < -0.39 is 0 Å². The van der Waals surface area contributed by atoms with Crippen molar-refractivity contribution >= 4 is 29.1 Å². The third kappa shape index (κ3) is 2.63. The van der Waals surface area contributed by atoms with Crippen molar-refractivity contribution in [2.75, 3.05) is 4.90 Å². The Balaban J connectivity index is 1.55. The fourth-order valence-electron chi connectivity index (χ4n) is 3.75. The average Bonchev–Trinajstić information content (AvgIpc) is 3.14. The van der Waals surface area contributed by atoms with Crippen molar-refractivity contribution in [3.05, 3.63) is 47.2 Å². The van der Waals surface area contributed by atoms with Gasteiger partial charge >= 0.3 is 0 Å². The Morgan fingerprint density at radius 3 is 2.29 bits per heavy atom. The number of halogens is 1. The Kier molecular flexibility index (Phi) is 3.88. The molecule has 0 radical (unpaired) electrons. The van der Waals surface area contributed by atoms with Crippen LogP contribution in [0.25, 0.3) is 0 Å². The predicted octanol–water partition coefficient (Wildman–Crippen LogP) is 3.26. The Morgan fingerprint density at radius 2 is 1.67 bits per heavy atom. The maximum absolute atomic E-state index is 12.6. The highest BCUT2D eigenvalue weighted by molar-refractivity contribution is 6.30. The Morgan fingerprint density at radius 1 is 1.04 bits per heavy atom. The first-order valence-electron chi connectivity index (χ1n) is 8.28. The standard InChI is InChI=1S/C18H18ClN3O2/c19-13-7-5-12(6-8-13)10-21-11-14(9-20-21)22-17(23)15-3-1-2-4-16(15)18(22)24/h5-9,11,15-16H,1-4,10H2. The summed E-state index contributed by atoms with van der Waals surface area (Å²) in [6.45, 7) is 0.570. The quantitative estimate of drug-likeness (QED) is 0.804. The number of hydrogen-bond donors (Lipinski definition) is 0. The number of hydrogen-bond acceptors (Lipinski definition) is 3.